The molecule has 0 radical (unpaired) electrons. The van der Waals surface area contributed by atoms with Crippen molar-refractivity contribution in [2.45, 2.75) is 69.3 Å². The van der Waals surface area contributed by atoms with E-state index in [4.69, 9.17) is 4.98 Å². The normalized spacial score (nSPS) is 29.9. The predicted octanol–water partition coefficient (Wildman–Crippen LogP) is 6.59. The highest BCUT2D eigenvalue weighted by molar-refractivity contribution is 7.99. The maximum Gasteiger partial charge on any atom is 0.230 e. The Morgan fingerprint density at radius 2 is 1.83 bits per heavy atom. The molecule has 29 heavy (non-hydrogen) atoms. The third-order valence-corrected chi connectivity index (χ3v) is 9.59. The van der Waals surface area contributed by atoms with Crippen LogP contribution in [0.1, 0.15) is 63.6 Å². The van der Waals surface area contributed by atoms with E-state index in [1.165, 1.54) is 44.1 Å². The number of nitrogens with zero attached hydrogens (tertiary/aromatic N) is 2. The second-order valence-electron chi connectivity index (χ2n) is 9.35. The van der Waals surface area contributed by atoms with E-state index < -0.39 is 0 Å². The summed E-state index contributed by atoms with van der Waals surface area (Å²) in [5.41, 5.74) is 3.28. The summed E-state index contributed by atoms with van der Waals surface area (Å²) in [6, 6.07) is 8.17. The van der Waals surface area contributed by atoms with Crippen LogP contribution in [0, 0.1) is 17.8 Å². The molecule has 0 unspecified atom stereocenters. The monoisotopic (exact) mass is 426 g/mol. The zero-order chi connectivity index (χ0) is 20.0. The van der Waals surface area contributed by atoms with Crippen LogP contribution in [0.2, 0.25) is 0 Å². The molecule has 1 heterocycles. The number of para-hydroxylation sites is 1. The summed E-state index contributed by atoms with van der Waals surface area (Å²) in [4.78, 5) is 19.2. The van der Waals surface area contributed by atoms with Crippen molar-refractivity contribution in [3.63, 3.8) is 0 Å². The van der Waals surface area contributed by atoms with Crippen LogP contribution in [0.5, 0.6) is 0 Å². The first kappa shape index (κ1) is 19.6. The summed E-state index contributed by atoms with van der Waals surface area (Å²) < 4.78 is 0.508. The number of anilines is 2. The van der Waals surface area contributed by atoms with E-state index in [1.807, 2.05) is 18.2 Å². The molecule has 4 fully saturated rings. The zero-order valence-electron chi connectivity index (χ0n) is 17.4. The second kappa shape index (κ2) is 7.73. The van der Waals surface area contributed by atoms with E-state index in [0.29, 0.717) is 4.75 Å². The molecule has 0 atom stereocenters. The minimum atomic E-state index is 0.0283. The number of hydrogen-bond donors (Lipinski definition) is 0. The molecule has 1 amide bonds. The maximum atomic E-state index is 12.5. The lowest BCUT2D eigenvalue weighted by Gasteiger charge is -2.56. The SMILES string of the molecule is CCc1ccccc1N(C(C)=O)c1nc(CSC23CC4CC(CC(C4)C2)C3)cs1. The highest BCUT2D eigenvalue weighted by atomic mass is 32.2. The third-order valence-electron chi connectivity index (χ3n) is 7.17. The molecule has 2 aromatic rings. The third kappa shape index (κ3) is 3.76. The summed E-state index contributed by atoms with van der Waals surface area (Å²) in [6.07, 6.45) is 9.64. The molecule has 154 valence electrons. The van der Waals surface area contributed by atoms with Crippen LogP contribution in [0.4, 0.5) is 10.8 Å². The molecule has 0 N–H and O–H groups in total. The lowest BCUT2D eigenvalue weighted by Crippen LogP contribution is -2.48. The van der Waals surface area contributed by atoms with Gasteiger partial charge in [0.05, 0.1) is 11.4 Å². The first-order valence-corrected chi connectivity index (χ1v) is 12.9. The van der Waals surface area contributed by atoms with Gasteiger partial charge in [-0.3, -0.25) is 9.69 Å². The van der Waals surface area contributed by atoms with Crippen LogP contribution >= 0.6 is 23.1 Å². The molecule has 6 rings (SSSR count). The van der Waals surface area contributed by atoms with Crippen molar-refractivity contribution in [3.05, 3.63) is 40.9 Å². The Morgan fingerprint density at radius 1 is 1.17 bits per heavy atom. The van der Waals surface area contributed by atoms with Gasteiger partial charge < -0.3 is 0 Å². The number of amides is 1. The highest BCUT2D eigenvalue weighted by Crippen LogP contribution is 2.61. The molecule has 4 aliphatic rings. The quantitative estimate of drug-likeness (QED) is 0.522. The van der Waals surface area contributed by atoms with Gasteiger partial charge in [0, 0.05) is 22.8 Å². The van der Waals surface area contributed by atoms with Crippen LogP contribution in [0.25, 0.3) is 0 Å². The smallest absolute Gasteiger partial charge is 0.230 e. The Balaban J connectivity index is 1.33. The molecular formula is C24H30N2OS2. The van der Waals surface area contributed by atoms with Gasteiger partial charge in [0.15, 0.2) is 5.13 Å². The number of hydrogen-bond acceptors (Lipinski definition) is 4. The van der Waals surface area contributed by atoms with E-state index in [-0.39, 0.29) is 5.91 Å². The van der Waals surface area contributed by atoms with Crippen LogP contribution in [0.15, 0.2) is 29.6 Å². The summed E-state index contributed by atoms with van der Waals surface area (Å²) >= 11 is 3.76. The second-order valence-corrected chi connectivity index (χ2v) is 11.6. The molecule has 0 spiro atoms. The number of aryl methyl sites for hydroxylation is 1. The van der Waals surface area contributed by atoms with E-state index >= 15 is 0 Å². The standard InChI is InChI=1S/C24H30N2OS2/c1-3-20-6-4-5-7-22(20)26(16(2)27)23-25-21(14-28-23)15-29-24-11-17-8-18(12-24)10-19(9-17)13-24/h4-7,14,17-19H,3,8-13,15H2,1-2H3. The van der Waals surface area contributed by atoms with Crippen molar-refractivity contribution in [1.29, 1.82) is 0 Å². The molecule has 0 saturated heterocycles. The largest absolute Gasteiger partial charge is 0.274 e. The average Bonchev–Trinajstić information content (AvgIpc) is 3.14. The molecule has 4 bridgehead atoms. The Kier molecular flexibility index (Phi) is 5.23. The van der Waals surface area contributed by atoms with Gasteiger partial charge >= 0.3 is 0 Å². The maximum absolute atomic E-state index is 12.5. The average molecular weight is 427 g/mol. The Bertz CT molecular complexity index is 871. The Labute approximate surface area is 182 Å². The minimum Gasteiger partial charge on any atom is -0.274 e. The Morgan fingerprint density at radius 3 is 2.45 bits per heavy atom. The fraction of sp³-hybridized carbons (Fsp3) is 0.583. The van der Waals surface area contributed by atoms with Crippen molar-refractivity contribution in [3.8, 4) is 0 Å². The van der Waals surface area contributed by atoms with Crippen molar-refractivity contribution in [1.82, 2.24) is 4.98 Å². The van der Waals surface area contributed by atoms with Crippen LogP contribution in [0.3, 0.4) is 0 Å². The first-order valence-electron chi connectivity index (χ1n) is 11.0. The van der Waals surface area contributed by atoms with Gasteiger partial charge in [0.1, 0.15) is 0 Å². The summed E-state index contributed by atoms with van der Waals surface area (Å²) in [6.45, 7) is 3.77. The molecule has 3 nitrogen and oxygen atoms in total. The van der Waals surface area contributed by atoms with Crippen LogP contribution in [-0.4, -0.2) is 15.6 Å². The lowest BCUT2D eigenvalue weighted by molar-refractivity contribution is -0.115. The van der Waals surface area contributed by atoms with Crippen molar-refractivity contribution in [2.75, 3.05) is 4.90 Å². The number of thiazole rings is 1. The van der Waals surface area contributed by atoms with E-state index in [2.05, 4.69) is 30.1 Å². The van der Waals surface area contributed by atoms with Crippen molar-refractivity contribution in [2.24, 2.45) is 17.8 Å². The number of aromatic nitrogens is 1. The number of rotatable bonds is 6. The molecule has 5 heteroatoms. The molecular weight excluding hydrogens is 396 g/mol. The minimum absolute atomic E-state index is 0.0283. The van der Waals surface area contributed by atoms with Crippen molar-refractivity contribution >= 4 is 39.8 Å². The predicted molar refractivity (Wildman–Crippen MR) is 123 cm³/mol. The van der Waals surface area contributed by atoms with Crippen molar-refractivity contribution < 1.29 is 4.79 Å². The van der Waals surface area contributed by atoms with E-state index in [0.717, 1.165) is 46.4 Å². The summed E-state index contributed by atoms with van der Waals surface area (Å²) in [5, 5.41) is 2.97. The number of benzene rings is 1. The van der Waals surface area contributed by atoms with Crippen LogP contribution < -0.4 is 4.90 Å². The number of carbonyl (C=O) groups is 1. The lowest BCUT2D eigenvalue weighted by atomic mass is 9.56. The van der Waals surface area contributed by atoms with Gasteiger partial charge in [-0.2, -0.15) is 0 Å². The molecule has 1 aromatic heterocycles. The fourth-order valence-electron chi connectivity index (χ4n) is 6.34. The van der Waals surface area contributed by atoms with Gasteiger partial charge in [0.2, 0.25) is 5.91 Å². The number of carbonyl (C=O) groups excluding carboxylic acids is 1. The molecule has 4 aliphatic carbocycles. The van der Waals surface area contributed by atoms with Gasteiger partial charge in [0.25, 0.3) is 0 Å². The Hall–Kier alpha value is -1.33. The summed E-state index contributed by atoms with van der Waals surface area (Å²) in [7, 11) is 0. The zero-order valence-corrected chi connectivity index (χ0v) is 19.0. The van der Waals surface area contributed by atoms with E-state index in [1.54, 1.807) is 23.2 Å². The van der Waals surface area contributed by atoms with Crippen LogP contribution in [-0.2, 0) is 17.0 Å². The van der Waals surface area contributed by atoms with Gasteiger partial charge in [-0.25, -0.2) is 4.98 Å². The molecule has 1 aromatic carbocycles. The topological polar surface area (TPSA) is 33.2 Å². The number of thioether (sulfide) groups is 1. The molecule has 0 aliphatic heterocycles. The van der Waals surface area contributed by atoms with Gasteiger partial charge in [-0.15, -0.1) is 23.1 Å². The first-order chi connectivity index (χ1) is 14.0. The fourth-order valence-corrected chi connectivity index (χ4v) is 8.98. The summed E-state index contributed by atoms with van der Waals surface area (Å²) in [5.74, 6) is 3.96. The van der Waals surface area contributed by atoms with E-state index in [9.17, 15) is 4.79 Å². The molecule has 4 saturated carbocycles. The van der Waals surface area contributed by atoms with Gasteiger partial charge in [-0.05, 0) is 74.3 Å². The van der Waals surface area contributed by atoms with Gasteiger partial charge in [-0.1, -0.05) is 25.1 Å². The highest BCUT2D eigenvalue weighted by Gasteiger charge is 2.51.